The van der Waals surface area contributed by atoms with Gasteiger partial charge in [0.05, 0.1) is 12.5 Å². The van der Waals surface area contributed by atoms with Crippen LogP contribution in [-0.2, 0) is 9.59 Å². The third-order valence-corrected chi connectivity index (χ3v) is 1.41. The Kier molecular flexibility index (Phi) is 5.06. The van der Waals surface area contributed by atoms with Crippen LogP contribution >= 0.6 is 0 Å². The number of nitrogens with one attached hydrogen (secondary N) is 1. The molecule has 76 valence electrons. The summed E-state index contributed by atoms with van der Waals surface area (Å²) in [6, 6.07) is -0.315. The van der Waals surface area contributed by atoms with Crippen molar-refractivity contribution in [2.45, 2.75) is 19.4 Å². The second-order valence-electron chi connectivity index (χ2n) is 3.26. The summed E-state index contributed by atoms with van der Waals surface area (Å²) >= 11 is 0. The van der Waals surface area contributed by atoms with Gasteiger partial charge in [0, 0.05) is 13.5 Å². The highest BCUT2D eigenvalue weighted by atomic mass is 16.4. The predicted molar refractivity (Wildman–Crippen MR) is 48.4 cm³/mol. The minimum Gasteiger partial charge on any atom is -0.481 e. The Bertz CT molecular complexity index is 176. The van der Waals surface area contributed by atoms with Crippen LogP contribution in [0, 0.1) is 0 Å². The summed E-state index contributed by atoms with van der Waals surface area (Å²) in [7, 11) is 3.66. The number of amides is 1. The van der Waals surface area contributed by atoms with Crippen LogP contribution in [0.4, 0.5) is 0 Å². The van der Waals surface area contributed by atoms with E-state index in [-0.39, 0.29) is 18.4 Å². The maximum absolute atomic E-state index is 10.7. The van der Waals surface area contributed by atoms with E-state index < -0.39 is 5.97 Å². The van der Waals surface area contributed by atoms with Gasteiger partial charge in [-0.3, -0.25) is 9.59 Å². The third kappa shape index (κ3) is 7.27. The quantitative estimate of drug-likeness (QED) is 0.612. The fourth-order valence-corrected chi connectivity index (χ4v) is 1.10. The van der Waals surface area contributed by atoms with Crippen LogP contribution in [0.1, 0.15) is 13.3 Å². The zero-order chi connectivity index (χ0) is 10.4. The number of aliphatic carboxylic acids is 1. The molecule has 0 saturated heterocycles. The average Bonchev–Trinajstić information content (AvgIpc) is 1.80. The summed E-state index contributed by atoms with van der Waals surface area (Å²) in [6.45, 7) is 1.91. The number of carbonyl (C=O) groups excluding carboxylic acids is 1. The van der Waals surface area contributed by atoms with Crippen LogP contribution in [0.2, 0.25) is 0 Å². The summed E-state index contributed by atoms with van der Waals surface area (Å²) in [5, 5.41) is 11.1. The van der Waals surface area contributed by atoms with Crippen LogP contribution in [0.25, 0.3) is 0 Å². The number of carboxylic acid groups (broad SMARTS) is 1. The highest BCUT2D eigenvalue weighted by Crippen LogP contribution is 1.94. The molecule has 1 amide bonds. The Labute approximate surface area is 77.7 Å². The first-order valence-corrected chi connectivity index (χ1v) is 4.05. The summed E-state index contributed by atoms with van der Waals surface area (Å²) in [4.78, 5) is 22.9. The minimum atomic E-state index is -0.902. The minimum absolute atomic E-state index is 0.0439. The van der Waals surface area contributed by atoms with Gasteiger partial charge in [-0.15, -0.1) is 0 Å². The Morgan fingerprint density at radius 1 is 1.46 bits per heavy atom. The van der Waals surface area contributed by atoms with E-state index >= 15 is 0 Å². The first kappa shape index (κ1) is 11.9. The molecule has 0 radical (unpaired) electrons. The number of rotatable bonds is 5. The second kappa shape index (κ2) is 5.53. The van der Waals surface area contributed by atoms with Gasteiger partial charge in [-0.25, -0.2) is 0 Å². The van der Waals surface area contributed by atoms with Gasteiger partial charge in [0.25, 0.3) is 0 Å². The lowest BCUT2D eigenvalue weighted by Gasteiger charge is -2.19. The van der Waals surface area contributed by atoms with Crippen LogP contribution in [0.3, 0.4) is 0 Å². The molecule has 5 nitrogen and oxygen atoms in total. The molecule has 2 N–H and O–H groups in total. The molecule has 5 heteroatoms. The van der Waals surface area contributed by atoms with E-state index in [4.69, 9.17) is 5.11 Å². The van der Waals surface area contributed by atoms with Gasteiger partial charge in [0.2, 0.25) is 5.91 Å². The first-order chi connectivity index (χ1) is 5.91. The molecule has 0 aliphatic carbocycles. The standard InChI is InChI=1S/C8H16N2O3/c1-6(11)9-7(4-8(12)13)5-10(2)3/h7H,4-5H2,1-3H3,(H,9,11)(H,12,13). The molecule has 13 heavy (non-hydrogen) atoms. The molecule has 0 rings (SSSR count). The molecule has 0 aromatic heterocycles. The average molecular weight is 188 g/mol. The monoisotopic (exact) mass is 188 g/mol. The molecule has 0 bridgehead atoms. The van der Waals surface area contributed by atoms with Gasteiger partial charge >= 0.3 is 5.97 Å². The van der Waals surface area contributed by atoms with Crippen molar-refractivity contribution in [3.05, 3.63) is 0 Å². The molecule has 0 spiro atoms. The third-order valence-electron chi connectivity index (χ3n) is 1.41. The van der Waals surface area contributed by atoms with Gasteiger partial charge in [-0.2, -0.15) is 0 Å². The Morgan fingerprint density at radius 2 is 2.00 bits per heavy atom. The Hall–Kier alpha value is -1.10. The first-order valence-electron chi connectivity index (χ1n) is 4.05. The van der Waals surface area contributed by atoms with E-state index in [1.807, 2.05) is 19.0 Å². The van der Waals surface area contributed by atoms with E-state index in [0.29, 0.717) is 6.54 Å². The molecule has 1 unspecified atom stereocenters. The topological polar surface area (TPSA) is 69.6 Å². The van der Waals surface area contributed by atoms with Gasteiger partial charge < -0.3 is 15.3 Å². The molecule has 0 aliphatic heterocycles. The number of carbonyl (C=O) groups is 2. The van der Waals surface area contributed by atoms with E-state index in [1.54, 1.807) is 0 Å². The summed E-state index contributed by atoms with van der Waals surface area (Å²) in [6.07, 6.45) is -0.0439. The molecular weight excluding hydrogens is 172 g/mol. The zero-order valence-corrected chi connectivity index (χ0v) is 8.20. The molecule has 0 fully saturated rings. The van der Waals surface area contributed by atoms with Crippen LogP contribution < -0.4 is 5.32 Å². The van der Waals surface area contributed by atoms with Crippen molar-refractivity contribution in [2.24, 2.45) is 0 Å². The summed E-state index contributed by atoms with van der Waals surface area (Å²) in [5.41, 5.74) is 0. The van der Waals surface area contributed by atoms with E-state index in [9.17, 15) is 9.59 Å². The van der Waals surface area contributed by atoms with E-state index in [1.165, 1.54) is 6.92 Å². The molecule has 1 atom stereocenters. The maximum Gasteiger partial charge on any atom is 0.305 e. The fraction of sp³-hybridized carbons (Fsp3) is 0.750. The van der Waals surface area contributed by atoms with Gasteiger partial charge in [0.1, 0.15) is 0 Å². The van der Waals surface area contributed by atoms with Crippen LogP contribution in [-0.4, -0.2) is 48.6 Å². The van der Waals surface area contributed by atoms with Crippen molar-refractivity contribution >= 4 is 11.9 Å². The zero-order valence-electron chi connectivity index (χ0n) is 8.20. The second-order valence-corrected chi connectivity index (χ2v) is 3.26. The van der Waals surface area contributed by atoms with Crippen molar-refractivity contribution in [1.82, 2.24) is 10.2 Å². The summed E-state index contributed by atoms with van der Waals surface area (Å²) < 4.78 is 0. The number of carboxylic acids is 1. The molecule has 0 saturated carbocycles. The maximum atomic E-state index is 10.7. The Morgan fingerprint density at radius 3 is 2.31 bits per heavy atom. The SMILES string of the molecule is CC(=O)NC(CC(=O)O)CN(C)C. The molecule has 0 aromatic rings. The molecule has 0 aromatic carbocycles. The van der Waals surface area contributed by atoms with Crippen LogP contribution in [0.15, 0.2) is 0 Å². The lowest BCUT2D eigenvalue weighted by molar-refractivity contribution is -0.137. The highest BCUT2D eigenvalue weighted by Gasteiger charge is 2.14. The molecule has 0 heterocycles. The number of likely N-dealkylation sites (N-methyl/N-ethyl adjacent to an activating group) is 1. The van der Waals surface area contributed by atoms with Gasteiger partial charge in [0.15, 0.2) is 0 Å². The van der Waals surface area contributed by atoms with Crippen molar-refractivity contribution in [1.29, 1.82) is 0 Å². The van der Waals surface area contributed by atoms with Crippen molar-refractivity contribution in [2.75, 3.05) is 20.6 Å². The van der Waals surface area contributed by atoms with Crippen molar-refractivity contribution < 1.29 is 14.7 Å². The van der Waals surface area contributed by atoms with Crippen LogP contribution in [0.5, 0.6) is 0 Å². The van der Waals surface area contributed by atoms with E-state index in [0.717, 1.165) is 0 Å². The summed E-state index contributed by atoms with van der Waals surface area (Å²) in [5.74, 6) is -1.10. The highest BCUT2D eigenvalue weighted by molar-refractivity contribution is 5.74. The van der Waals surface area contributed by atoms with Crippen molar-refractivity contribution in [3.63, 3.8) is 0 Å². The largest absolute Gasteiger partial charge is 0.481 e. The Balaban J connectivity index is 4.02. The lowest BCUT2D eigenvalue weighted by atomic mass is 10.2. The predicted octanol–water partition coefficient (Wildman–Crippen LogP) is -0.473. The van der Waals surface area contributed by atoms with Crippen molar-refractivity contribution in [3.8, 4) is 0 Å². The molecule has 0 aliphatic rings. The molecular formula is C8H16N2O3. The smallest absolute Gasteiger partial charge is 0.305 e. The fourth-order valence-electron chi connectivity index (χ4n) is 1.10. The number of hydrogen-bond donors (Lipinski definition) is 2. The van der Waals surface area contributed by atoms with Gasteiger partial charge in [-0.1, -0.05) is 0 Å². The number of hydrogen-bond acceptors (Lipinski definition) is 3. The van der Waals surface area contributed by atoms with Gasteiger partial charge in [-0.05, 0) is 14.1 Å². The van der Waals surface area contributed by atoms with E-state index in [2.05, 4.69) is 5.32 Å². The number of nitrogens with zero attached hydrogens (tertiary/aromatic N) is 1. The lowest BCUT2D eigenvalue weighted by Crippen LogP contribution is -2.42. The normalized spacial score (nSPS) is 12.6.